The lowest BCUT2D eigenvalue weighted by atomic mass is 9.60. The highest BCUT2D eigenvalue weighted by Crippen LogP contribution is 2.53. The minimum atomic E-state index is -0.841. The molecular formula is C8H14FN. The van der Waals surface area contributed by atoms with Crippen molar-refractivity contribution in [1.29, 1.82) is 0 Å². The molecule has 0 aromatic rings. The lowest BCUT2D eigenvalue weighted by Gasteiger charge is -2.47. The minimum Gasteiger partial charge on any atom is -0.316 e. The Bertz CT molecular complexity index is 137. The van der Waals surface area contributed by atoms with Gasteiger partial charge in [0.15, 0.2) is 0 Å². The van der Waals surface area contributed by atoms with E-state index in [9.17, 15) is 4.39 Å². The van der Waals surface area contributed by atoms with Crippen LogP contribution in [0.5, 0.6) is 0 Å². The average molecular weight is 143 g/mol. The van der Waals surface area contributed by atoms with E-state index >= 15 is 0 Å². The first kappa shape index (κ1) is 6.59. The predicted octanol–water partition coefficient (Wildman–Crippen LogP) is 1.49. The molecule has 0 radical (unpaired) electrons. The molecule has 1 heterocycles. The van der Waals surface area contributed by atoms with Gasteiger partial charge >= 0.3 is 0 Å². The molecule has 0 unspecified atom stereocenters. The van der Waals surface area contributed by atoms with E-state index in [0.29, 0.717) is 5.41 Å². The number of rotatable bonds is 0. The van der Waals surface area contributed by atoms with Crippen LogP contribution in [0.1, 0.15) is 26.2 Å². The molecule has 0 amide bonds. The zero-order valence-electron chi connectivity index (χ0n) is 6.41. The molecule has 2 heteroatoms. The number of hydrogen-bond donors (Lipinski definition) is 1. The number of hydrogen-bond acceptors (Lipinski definition) is 1. The highest BCUT2D eigenvalue weighted by atomic mass is 19.1. The third-order valence-electron chi connectivity index (χ3n) is 2.82. The number of nitrogens with one attached hydrogen (secondary N) is 1. The molecular weight excluding hydrogens is 129 g/mol. The Morgan fingerprint density at radius 2 is 2.10 bits per heavy atom. The first-order valence-electron chi connectivity index (χ1n) is 4.02. The maximum atomic E-state index is 13.1. The molecule has 1 aliphatic carbocycles. The topological polar surface area (TPSA) is 12.0 Å². The second kappa shape index (κ2) is 1.73. The van der Waals surface area contributed by atoms with Crippen LogP contribution in [0.15, 0.2) is 0 Å². The van der Waals surface area contributed by atoms with Crippen LogP contribution in [0.25, 0.3) is 0 Å². The Kier molecular flexibility index (Phi) is 1.14. The molecule has 1 spiro atoms. The molecule has 1 saturated heterocycles. The Balaban J connectivity index is 1.98. The second-order valence-electron chi connectivity index (χ2n) is 4.19. The lowest BCUT2D eigenvalue weighted by molar-refractivity contribution is -0.0410. The summed E-state index contributed by atoms with van der Waals surface area (Å²) in [6, 6.07) is 0. The van der Waals surface area contributed by atoms with Gasteiger partial charge in [-0.2, -0.15) is 0 Å². The van der Waals surface area contributed by atoms with Crippen molar-refractivity contribution in [2.24, 2.45) is 5.41 Å². The van der Waals surface area contributed by atoms with Crippen LogP contribution in [0.3, 0.4) is 0 Å². The summed E-state index contributed by atoms with van der Waals surface area (Å²) in [6.07, 6.45) is 2.76. The van der Waals surface area contributed by atoms with Gasteiger partial charge in [-0.1, -0.05) is 0 Å². The predicted molar refractivity (Wildman–Crippen MR) is 38.7 cm³/mol. The molecule has 0 aromatic carbocycles. The molecule has 1 nitrogen and oxygen atoms in total. The van der Waals surface area contributed by atoms with Crippen LogP contribution in [0.4, 0.5) is 4.39 Å². The van der Waals surface area contributed by atoms with E-state index in [4.69, 9.17) is 0 Å². The molecule has 1 aliphatic heterocycles. The summed E-state index contributed by atoms with van der Waals surface area (Å²) in [7, 11) is 0. The quantitative estimate of drug-likeness (QED) is 0.541. The van der Waals surface area contributed by atoms with Gasteiger partial charge in [0.25, 0.3) is 0 Å². The van der Waals surface area contributed by atoms with Gasteiger partial charge in [-0.25, -0.2) is 4.39 Å². The van der Waals surface area contributed by atoms with Gasteiger partial charge in [0.05, 0.1) is 0 Å². The SMILES string of the molecule is CC1(F)CC2(CCNC2)C1. The van der Waals surface area contributed by atoms with Crippen molar-refractivity contribution in [3.63, 3.8) is 0 Å². The average Bonchev–Trinajstić information content (AvgIpc) is 2.10. The van der Waals surface area contributed by atoms with E-state index in [2.05, 4.69) is 5.32 Å². The van der Waals surface area contributed by atoms with E-state index in [1.807, 2.05) is 0 Å². The molecule has 1 saturated carbocycles. The van der Waals surface area contributed by atoms with Crippen LogP contribution < -0.4 is 5.32 Å². The molecule has 2 aliphatic rings. The van der Waals surface area contributed by atoms with Crippen molar-refractivity contribution < 1.29 is 4.39 Å². The van der Waals surface area contributed by atoms with Crippen molar-refractivity contribution >= 4 is 0 Å². The standard InChI is InChI=1S/C8H14FN/c1-7(9)4-8(5-7)2-3-10-6-8/h10H,2-6H2,1H3. The van der Waals surface area contributed by atoms with Gasteiger partial charge in [0.2, 0.25) is 0 Å². The molecule has 58 valence electrons. The highest BCUT2D eigenvalue weighted by molar-refractivity contribution is 5.05. The number of alkyl halides is 1. The molecule has 1 N–H and O–H groups in total. The third kappa shape index (κ3) is 0.858. The van der Waals surface area contributed by atoms with Gasteiger partial charge in [-0.3, -0.25) is 0 Å². The second-order valence-corrected chi connectivity index (χ2v) is 4.19. The molecule has 0 atom stereocenters. The zero-order valence-corrected chi connectivity index (χ0v) is 6.41. The Morgan fingerprint density at radius 1 is 1.40 bits per heavy atom. The van der Waals surface area contributed by atoms with E-state index in [-0.39, 0.29) is 0 Å². The summed E-state index contributed by atoms with van der Waals surface area (Å²) < 4.78 is 13.1. The fraction of sp³-hybridized carbons (Fsp3) is 1.00. The van der Waals surface area contributed by atoms with Crippen LogP contribution in [-0.4, -0.2) is 18.8 Å². The Hall–Kier alpha value is -0.110. The molecule has 2 rings (SSSR count). The molecule has 0 aromatic heterocycles. The summed E-state index contributed by atoms with van der Waals surface area (Å²) in [5.41, 5.74) is -0.477. The maximum Gasteiger partial charge on any atom is 0.109 e. The van der Waals surface area contributed by atoms with E-state index < -0.39 is 5.67 Å². The Morgan fingerprint density at radius 3 is 2.50 bits per heavy atom. The zero-order chi connectivity index (χ0) is 7.24. The van der Waals surface area contributed by atoms with Crippen LogP contribution in [0.2, 0.25) is 0 Å². The maximum absolute atomic E-state index is 13.1. The van der Waals surface area contributed by atoms with Crippen molar-refractivity contribution in [3.05, 3.63) is 0 Å². The third-order valence-corrected chi connectivity index (χ3v) is 2.82. The van der Waals surface area contributed by atoms with E-state index in [0.717, 1.165) is 25.9 Å². The summed E-state index contributed by atoms with van der Waals surface area (Å²) in [6.45, 7) is 3.86. The van der Waals surface area contributed by atoms with Crippen molar-refractivity contribution in [1.82, 2.24) is 5.32 Å². The van der Waals surface area contributed by atoms with Gasteiger partial charge in [-0.15, -0.1) is 0 Å². The largest absolute Gasteiger partial charge is 0.316 e. The molecule has 2 fully saturated rings. The van der Waals surface area contributed by atoms with Crippen molar-refractivity contribution in [2.75, 3.05) is 13.1 Å². The number of halogens is 1. The first-order chi connectivity index (χ1) is 4.62. The molecule has 10 heavy (non-hydrogen) atoms. The lowest BCUT2D eigenvalue weighted by Crippen LogP contribution is -2.48. The molecule has 0 bridgehead atoms. The normalized spacial score (nSPS) is 53.4. The van der Waals surface area contributed by atoms with E-state index in [1.54, 1.807) is 6.92 Å². The summed E-state index contributed by atoms with van der Waals surface area (Å²) in [4.78, 5) is 0. The Labute approximate surface area is 61.0 Å². The van der Waals surface area contributed by atoms with Crippen molar-refractivity contribution in [3.8, 4) is 0 Å². The van der Waals surface area contributed by atoms with Crippen molar-refractivity contribution in [2.45, 2.75) is 31.9 Å². The van der Waals surface area contributed by atoms with Crippen LogP contribution in [0, 0.1) is 5.41 Å². The van der Waals surface area contributed by atoms with Gasteiger partial charge in [-0.05, 0) is 38.1 Å². The fourth-order valence-corrected chi connectivity index (χ4v) is 2.61. The van der Waals surface area contributed by atoms with Crippen LogP contribution >= 0.6 is 0 Å². The first-order valence-corrected chi connectivity index (χ1v) is 4.02. The smallest absolute Gasteiger partial charge is 0.109 e. The van der Waals surface area contributed by atoms with Crippen LogP contribution in [-0.2, 0) is 0 Å². The van der Waals surface area contributed by atoms with Gasteiger partial charge in [0.1, 0.15) is 5.67 Å². The minimum absolute atomic E-state index is 0.365. The summed E-state index contributed by atoms with van der Waals surface area (Å²) in [5, 5.41) is 3.29. The van der Waals surface area contributed by atoms with Gasteiger partial charge < -0.3 is 5.32 Å². The van der Waals surface area contributed by atoms with Gasteiger partial charge in [0, 0.05) is 6.54 Å². The van der Waals surface area contributed by atoms with E-state index in [1.165, 1.54) is 6.42 Å². The monoisotopic (exact) mass is 143 g/mol. The fourth-order valence-electron chi connectivity index (χ4n) is 2.61. The summed E-state index contributed by atoms with van der Waals surface area (Å²) >= 11 is 0. The summed E-state index contributed by atoms with van der Waals surface area (Å²) in [5.74, 6) is 0. The highest BCUT2D eigenvalue weighted by Gasteiger charge is 2.53.